The molecule has 0 atom stereocenters. The monoisotopic (exact) mass is 608 g/mol. The Balaban J connectivity index is 1.42. The highest BCUT2D eigenvalue weighted by molar-refractivity contribution is 6.29. The molecule has 0 bridgehead atoms. The number of aromatic nitrogens is 2. The van der Waals surface area contributed by atoms with Gasteiger partial charge in [-0.05, 0) is 94.0 Å². The van der Waals surface area contributed by atoms with Crippen LogP contribution < -0.4 is 0 Å². The number of aryl methyl sites for hydroxylation is 1. The summed E-state index contributed by atoms with van der Waals surface area (Å²) in [6, 6.07) is 47.4. The molecule has 0 aliphatic carbocycles. The molecular formula is C43H26F2N2. The van der Waals surface area contributed by atoms with Crippen molar-refractivity contribution in [2.45, 2.75) is 6.92 Å². The molecule has 0 radical (unpaired) electrons. The van der Waals surface area contributed by atoms with Gasteiger partial charge in [-0.25, -0.2) is 8.78 Å². The van der Waals surface area contributed by atoms with Gasteiger partial charge in [0.05, 0.1) is 27.8 Å². The quantitative estimate of drug-likeness (QED) is 0.173. The molecule has 0 amide bonds. The third-order valence-electron chi connectivity index (χ3n) is 9.93. The van der Waals surface area contributed by atoms with Gasteiger partial charge in [-0.1, -0.05) is 84.9 Å². The van der Waals surface area contributed by atoms with Crippen LogP contribution in [0, 0.1) is 18.6 Å². The van der Waals surface area contributed by atoms with E-state index >= 15 is 0 Å². The van der Waals surface area contributed by atoms with Crippen molar-refractivity contribution >= 4 is 75.9 Å². The second kappa shape index (κ2) is 9.51. The summed E-state index contributed by atoms with van der Waals surface area (Å²) < 4.78 is 34.3. The van der Waals surface area contributed by atoms with Gasteiger partial charge in [0.2, 0.25) is 0 Å². The second-order valence-corrected chi connectivity index (χ2v) is 12.4. The molecule has 10 aromatic rings. The maximum Gasteiger partial charge on any atom is 0.159 e. The van der Waals surface area contributed by atoms with Gasteiger partial charge in [-0.2, -0.15) is 0 Å². The van der Waals surface area contributed by atoms with E-state index in [4.69, 9.17) is 0 Å². The van der Waals surface area contributed by atoms with E-state index in [0.717, 1.165) is 71.3 Å². The Morgan fingerprint density at radius 3 is 1.60 bits per heavy atom. The predicted octanol–water partition coefficient (Wildman–Crippen LogP) is 11.9. The van der Waals surface area contributed by atoms with Crippen LogP contribution in [0.2, 0.25) is 0 Å². The van der Waals surface area contributed by atoms with Crippen LogP contribution in [-0.2, 0) is 0 Å². The van der Waals surface area contributed by atoms with Crippen molar-refractivity contribution < 1.29 is 8.78 Å². The van der Waals surface area contributed by atoms with Gasteiger partial charge in [0.15, 0.2) is 11.6 Å². The molecule has 0 saturated heterocycles. The highest BCUT2D eigenvalue weighted by Gasteiger charge is 2.22. The minimum atomic E-state index is -0.840. The molecule has 2 nitrogen and oxygen atoms in total. The first-order valence-corrected chi connectivity index (χ1v) is 15.8. The maximum absolute atomic E-state index is 14.9. The molecule has 0 N–H and O–H groups in total. The van der Waals surface area contributed by atoms with Crippen LogP contribution in [0.4, 0.5) is 8.78 Å². The first-order chi connectivity index (χ1) is 23.1. The van der Waals surface area contributed by atoms with Crippen molar-refractivity contribution in [1.29, 1.82) is 0 Å². The number of halogens is 2. The third kappa shape index (κ3) is 3.53. The zero-order valence-corrected chi connectivity index (χ0v) is 25.4. The van der Waals surface area contributed by atoms with E-state index in [9.17, 15) is 8.78 Å². The zero-order chi connectivity index (χ0) is 31.4. The fraction of sp³-hybridized carbons (Fsp3) is 0.0233. The summed E-state index contributed by atoms with van der Waals surface area (Å²) in [5, 5.41) is 9.95. The lowest BCUT2D eigenvalue weighted by atomic mass is 9.90. The summed E-state index contributed by atoms with van der Waals surface area (Å²) in [4.78, 5) is 0. The average molecular weight is 609 g/mol. The maximum atomic E-state index is 14.9. The van der Waals surface area contributed by atoms with Gasteiger partial charge >= 0.3 is 0 Å². The first kappa shape index (κ1) is 26.2. The van der Waals surface area contributed by atoms with Crippen LogP contribution in [0.3, 0.4) is 0 Å². The fourth-order valence-corrected chi connectivity index (χ4v) is 7.96. The Hall–Kier alpha value is -6.00. The molecular weight excluding hydrogens is 582 g/mol. The van der Waals surface area contributed by atoms with Crippen molar-refractivity contribution in [3.8, 4) is 11.4 Å². The summed E-state index contributed by atoms with van der Waals surface area (Å²) >= 11 is 0. The molecule has 0 aliphatic heterocycles. The molecule has 2 aromatic heterocycles. The number of nitrogens with zero attached hydrogens (tertiary/aromatic N) is 2. The highest BCUT2D eigenvalue weighted by atomic mass is 19.2. The van der Waals surface area contributed by atoms with Gasteiger partial charge in [0.1, 0.15) is 0 Å². The van der Waals surface area contributed by atoms with E-state index in [0.29, 0.717) is 10.8 Å². The summed E-state index contributed by atoms with van der Waals surface area (Å²) in [5.74, 6) is -1.68. The van der Waals surface area contributed by atoms with E-state index in [1.165, 1.54) is 22.9 Å². The summed E-state index contributed by atoms with van der Waals surface area (Å²) in [7, 11) is 0. The number of benzene rings is 8. The summed E-state index contributed by atoms with van der Waals surface area (Å²) in [6.45, 7) is 2.05. The van der Waals surface area contributed by atoms with E-state index in [-0.39, 0.29) is 0 Å². The van der Waals surface area contributed by atoms with Crippen LogP contribution in [-0.4, -0.2) is 9.13 Å². The van der Waals surface area contributed by atoms with Gasteiger partial charge in [-0.15, -0.1) is 0 Å². The van der Waals surface area contributed by atoms with Crippen molar-refractivity contribution in [2.75, 3.05) is 0 Å². The molecule has 0 saturated carbocycles. The number of fused-ring (bicyclic) bond motifs is 12. The molecule has 10 rings (SSSR count). The number of hydrogen-bond donors (Lipinski definition) is 0. The normalized spacial score (nSPS) is 12.1. The summed E-state index contributed by atoms with van der Waals surface area (Å²) in [5.41, 5.74) is 7.62. The molecule has 47 heavy (non-hydrogen) atoms. The Labute approximate surface area is 268 Å². The molecule has 2 heterocycles. The molecule has 0 unspecified atom stereocenters. The van der Waals surface area contributed by atoms with Gasteiger partial charge in [0.25, 0.3) is 0 Å². The number of para-hydroxylation sites is 3. The Morgan fingerprint density at radius 2 is 0.915 bits per heavy atom. The molecule has 0 spiro atoms. The van der Waals surface area contributed by atoms with Crippen molar-refractivity contribution in [3.05, 3.63) is 157 Å². The standard InChI is InChI=1S/C43H26F2N2/c1-25-19-20-39(43-30-16-6-5-13-27(30)31-21-35(44)36(45)22-34(31)42(25)43)47-38-18-10-8-15-29(38)33-23-40-32(24-41(33)47)28-14-7-9-17-37(28)46(40)26-11-3-2-4-12-26/h2-24H,1H3. The first-order valence-electron chi connectivity index (χ1n) is 15.8. The van der Waals surface area contributed by atoms with Crippen LogP contribution in [0.5, 0.6) is 0 Å². The Morgan fingerprint density at radius 1 is 0.383 bits per heavy atom. The fourth-order valence-electron chi connectivity index (χ4n) is 7.96. The van der Waals surface area contributed by atoms with Gasteiger partial charge < -0.3 is 9.13 Å². The zero-order valence-electron chi connectivity index (χ0n) is 25.4. The SMILES string of the molecule is Cc1ccc(-n2c3ccccc3c3cc4c(cc32)c2ccccc2n4-c2ccccc2)c2c3ccccc3c3cc(F)c(F)cc3c12. The molecule has 0 fully saturated rings. The van der Waals surface area contributed by atoms with Crippen LogP contribution in [0.25, 0.3) is 87.3 Å². The van der Waals surface area contributed by atoms with E-state index < -0.39 is 11.6 Å². The highest BCUT2D eigenvalue weighted by Crippen LogP contribution is 2.44. The van der Waals surface area contributed by atoms with E-state index in [1.807, 2.05) is 24.3 Å². The molecule has 222 valence electrons. The minimum Gasteiger partial charge on any atom is -0.309 e. The predicted molar refractivity (Wildman–Crippen MR) is 192 cm³/mol. The van der Waals surface area contributed by atoms with E-state index in [1.54, 1.807) is 0 Å². The Bertz CT molecular complexity index is 2930. The number of rotatable bonds is 2. The lowest BCUT2D eigenvalue weighted by Gasteiger charge is -2.18. The van der Waals surface area contributed by atoms with Crippen LogP contribution in [0.1, 0.15) is 5.56 Å². The molecule has 8 aromatic carbocycles. The average Bonchev–Trinajstić information content (AvgIpc) is 3.60. The second-order valence-electron chi connectivity index (χ2n) is 12.4. The van der Waals surface area contributed by atoms with Crippen molar-refractivity contribution in [3.63, 3.8) is 0 Å². The smallest absolute Gasteiger partial charge is 0.159 e. The summed E-state index contributed by atoms with van der Waals surface area (Å²) in [6.07, 6.45) is 0. The largest absolute Gasteiger partial charge is 0.309 e. The Kier molecular flexibility index (Phi) is 5.31. The van der Waals surface area contributed by atoms with Crippen LogP contribution >= 0.6 is 0 Å². The minimum absolute atomic E-state index is 0.713. The topological polar surface area (TPSA) is 9.86 Å². The number of hydrogen-bond acceptors (Lipinski definition) is 0. The molecule has 0 aliphatic rings. The lowest BCUT2D eigenvalue weighted by Crippen LogP contribution is -1.98. The third-order valence-corrected chi connectivity index (χ3v) is 9.93. The molecule has 4 heteroatoms. The van der Waals surface area contributed by atoms with Crippen molar-refractivity contribution in [2.24, 2.45) is 0 Å². The van der Waals surface area contributed by atoms with Gasteiger partial charge in [-0.3, -0.25) is 0 Å². The lowest BCUT2D eigenvalue weighted by molar-refractivity contribution is 0.511. The van der Waals surface area contributed by atoms with Gasteiger partial charge in [0, 0.05) is 32.6 Å². The van der Waals surface area contributed by atoms with Crippen LogP contribution in [0.15, 0.2) is 140 Å². The van der Waals surface area contributed by atoms with E-state index in [2.05, 4.69) is 119 Å². The van der Waals surface area contributed by atoms with Crippen molar-refractivity contribution in [1.82, 2.24) is 9.13 Å².